The van der Waals surface area contributed by atoms with E-state index in [1.165, 1.54) is 0 Å². The van der Waals surface area contributed by atoms with Crippen LogP contribution >= 0.6 is 0 Å². The van der Waals surface area contributed by atoms with E-state index in [4.69, 9.17) is 0 Å². The molecule has 2 heterocycles. The Morgan fingerprint density at radius 3 is 2.57 bits per heavy atom. The van der Waals surface area contributed by atoms with Crippen molar-refractivity contribution in [2.45, 2.75) is 0 Å². The Labute approximate surface area is 81.5 Å². The SMILES string of the molecule is O=Cc1ncccc1-c1ccccn1. The van der Waals surface area contributed by atoms with Crippen molar-refractivity contribution in [3.63, 3.8) is 0 Å². The van der Waals surface area contributed by atoms with Crippen LogP contribution in [0.4, 0.5) is 0 Å². The Morgan fingerprint density at radius 1 is 1.00 bits per heavy atom. The number of nitrogens with zero attached hydrogens (tertiary/aromatic N) is 2. The van der Waals surface area contributed by atoms with E-state index in [0.29, 0.717) is 5.69 Å². The second kappa shape index (κ2) is 3.79. The normalized spacial score (nSPS) is 9.71. The van der Waals surface area contributed by atoms with Crippen molar-refractivity contribution in [1.29, 1.82) is 0 Å². The zero-order valence-corrected chi connectivity index (χ0v) is 7.42. The predicted octanol–water partition coefficient (Wildman–Crippen LogP) is 1.96. The topological polar surface area (TPSA) is 42.9 Å². The summed E-state index contributed by atoms with van der Waals surface area (Å²) in [5.41, 5.74) is 1.96. The average Bonchev–Trinajstić information content (AvgIpc) is 2.30. The molecule has 0 bridgehead atoms. The van der Waals surface area contributed by atoms with Gasteiger partial charge in [-0.05, 0) is 24.3 Å². The summed E-state index contributed by atoms with van der Waals surface area (Å²) in [6.45, 7) is 0. The van der Waals surface area contributed by atoms with Crippen LogP contribution in [-0.2, 0) is 0 Å². The fraction of sp³-hybridized carbons (Fsp3) is 0. The first kappa shape index (κ1) is 8.56. The van der Waals surface area contributed by atoms with E-state index in [1.807, 2.05) is 24.3 Å². The van der Waals surface area contributed by atoms with E-state index in [9.17, 15) is 4.79 Å². The van der Waals surface area contributed by atoms with E-state index < -0.39 is 0 Å². The van der Waals surface area contributed by atoms with Crippen LogP contribution in [0.2, 0.25) is 0 Å². The van der Waals surface area contributed by atoms with E-state index in [-0.39, 0.29) is 0 Å². The lowest BCUT2D eigenvalue weighted by atomic mass is 10.1. The van der Waals surface area contributed by atoms with Crippen molar-refractivity contribution in [1.82, 2.24) is 9.97 Å². The van der Waals surface area contributed by atoms with E-state index in [1.54, 1.807) is 18.5 Å². The van der Waals surface area contributed by atoms with Crippen LogP contribution in [0.25, 0.3) is 11.3 Å². The zero-order chi connectivity index (χ0) is 9.80. The molecule has 0 aliphatic heterocycles. The quantitative estimate of drug-likeness (QED) is 0.670. The number of aromatic nitrogens is 2. The number of rotatable bonds is 2. The molecule has 0 N–H and O–H groups in total. The summed E-state index contributed by atoms with van der Waals surface area (Å²) in [6.07, 6.45) is 4.02. The predicted molar refractivity (Wildman–Crippen MR) is 52.9 cm³/mol. The number of carbonyl (C=O) groups is 1. The van der Waals surface area contributed by atoms with Gasteiger partial charge in [-0.25, -0.2) is 0 Å². The van der Waals surface area contributed by atoms with Gasteiger partial charge in [-0.3, -0.25) is 14.8 Å². The first-order valence-corrected chi connectivity index (χ1v) is 4.23. The minimum Gasteiger partial charge on any atom is -0.296 e. The molecule has 0 fully saturated rings. The van der Waals surface area contributed by atoms with Crippen LogP contribution in [0.15, 0.2) is 42.7 Å². The molecule has 0 saturated carbocycles. The number of aldehydes is 1. The maximum Gasteiger partial charge on any atom is 0.169 e. The summed E-state index contributed by atoms with van der Waals surface area (Å²) in [7, 11) is 0. The maximum atomic E-state index is 10.7. The van der Waals surface area contributed by atoms with Crippen LogP contribution in [0.5, 0.6) is 0 Å². The van der Waals surface area contributed by atoms with Crippen molar-refractivity contribution in [2.75, 3.05) is 0 Å². The summed E-state index contributed by atoms with van der Waals surface area (Å²) in [5.74, 6) is 0. The molecule has 0 aliphatic carbocycles. The summed E-state index contributed by atoms with van der Waals surface area (Å²) in [4.78, 5) is 18.8. The number of pyridine rings is 2. The van der Waals surface area contributed by atoms with E-state index in [0.717, 1.165) is 17.5 Å². The molecule has 0 radical (unpaired) electrons. The minimum atomic E-state index is 0.422. The lowest BCUT2D eigenvalue weighted by Crippen LogP contribution is -1.92. The molecule has 0 unspecified atom stereocenters. The van der Waals surface area contributed by atoms with Gasteiger partial charge < -0.3 is 0 Å². The molecule has 2 aromatic heterocycles. The third kappa shape index (κ3) is 1.52. The van der Waals surface area contributed by atoms with Gasteiger partial charge in [0.15, 0.2) is 6.29 Å². The Bertz CT molecular complexity index is 440. The van der Waals surface area contributed by atoms with Crippen molar-refractivity contribution in [2.24, 2.45) is 0 Å². The molecule has 3 heteroatoms. The minimum absolute atomic E-state index is 0.422. The number of carbonyl (C=O) groups excluding carboxylic acids is 1. The van der Waals surface area contributed by atoms with Gasteiger partial charge in [0.05, 0.1) is 5.69 Å². The highest BCUT2D eigenvalue weighted by atomic mass is 16.1. The summed E-state index contributed by atoms with van der Waals surface area (Å²) < 4.78 is 0. The molecule has 0 spiro atoms. The van der Waals surface area contributed by atoms with E-state index in [2.05, 4.69) is 9.97 Å². The maximum absolute atomic E-state index is 10.7. The highest BCUT2D eigenvalue weighted by Gasteiger charge is 2.04. The third-order valence-corrected chi connectivity index (χ3v) is 1.89. The van der Waals surface area contributed by atoms with Crippen molar-refractivity contribution in [3.8, 4) is 11.3 Å². The van der Waals surface area contributed by atoms with Crippen LogP contribution in [0, 0.1) is 0 Å². The van der Waals surface area contributed by atoms with Gasteiger partial charge in [0.1, 0.15) is 5.69 Å². The molecule has 0 aromatic carbocycles. The van der Waals surface area contributed by atoms with Gasteiger partial charge in [0.2, 0.25) is 0 Å². The molecule has 68 valence electrons. The Morgan fingerprint density at radius 2 is 1.86 bits per heavy atom. The zero-order valence-electron chi connectivity index (χ0n) is 7.42. The summed E-state index contributed by atoms with van der Waals surface area (Å²) in [5, 5.41) is 0. The van der Waals surface area contributed by atoms with Gasteiger partial charge in [-0.2, -0.15) is 0 Å². The molecule has 0 amide bonds. The standard InChI is InChI=1S/C11H8N2O/c14-8-11-9(4-3-7-13-11)10-5-1-2-6-12-10/h1-8H. The Hall–Kier alpha value is -2.03. The Kier molecular flexibility index (Phi) is 2.32. The summed E-state index contributed by atoms with van der Waals surface area (Å²) in [6, 6.07) is 9.18. The van der Waals surface area contributed by atoms with Gasteiger partial charge >= 0.3 is 0 Å². The highest BCUT2D eigenvalue weighted by Crippen LogP contribution is 2.17. The second-order valence-corrected chi connectivity index (χ2v) is 2.77. The summed E-state index contributed by atoms with van der Waals surface area (Å²) >= 11 is 0. The Balaban J connectivity index is 2.57. The van der Waals surface area contributed by atoms with Gasteiger partial charge in [0.25, 0.3) is 0 Å². The van der Waals surface area contributed by atoms with Crippen LogP contribution in [-0.4, -0.2) is 16.3 Å². The van der Waals surface area contributed by atoms with Gasteiger partial charge in [-0.1, -0.05) is 6.07 Å². The highest BCUT2D eigenvalue weighted by molar-refractivity contribution is 5.83. The molecule has 2 aromatic rings. The van der Waals surface area contributed by atoms with E-state index >= 15 is 0 Å². The fourth-order valence-electron chi connectivity index (χ4n) is 1.25. The molecule has 0 saturated heterocycles. The van der Waals surface area contributed by atoms with Crippen LogP contribution in [0.1, 0.15) is 10.5 Å². The average molecular weight is 184 g/mol. The lowest BCUT2D eigenvalue weighted by molar-refractivity contribution is 0.111. The number of hydrogen-bond donors (Lipinski definition) is 0. The fourth-order valence-corrected chi connectivity index (χ4v) is 1.25. The number of hydrogen-bond acceptors (Lipinski definition) is 3. The van der Waals surface area contributed by atoms with Crippen molar-refractivity contribution in [3.05, 3.63) is 48.4 Å². The second-order valence-electron chi connectivity index (χ2n) is 2.77. The monoisotopic (exact) mass is 184 g/mol. The lowest BCUT2D eigenvalue weighted by Gasteiger charge is -2.01. The molecule has 2 rings (SSSR count). The van der Waals surface area contributed by atoms with Crippen molar-refractivity contribution < 1.29 is 4.79 Å². The third-order valence-electron chi connectivity index (χ3n) is 1.89. The molecule has 0 aliphatic rings. The first-order valence-electron chi connectivity index (χ1n) is 4.23. The van der Waals surface area contributed by atoms with Crippen LogP contribution in [0.3, 0.4) is 0 Å². The molecular formula is C11H8N2O. The largest absolute Gasteiger partial charge is 0.296 e. The van der Waals surface area contributed by atoms with Crippen molar-refractivity contribution >= 4 is 6.29 Å². The van der Waals surface area contributed by atoms with Gasteiger partial charge in [0, 0.05) is 18.0 Å². The van der Waals surface area contributed by atoms with Crippen LogP contribution < -0.4 is 0 Å². The molecule has 3 nitrogen and oxygen atoms in total. The van der Waals surface area contributed by atoms with Gasteiger partial charge in [-0.15, -0.1) is 0 Å². The smallest absolute Gasteiger partial charge is 0.169 e. The first-order chi connectivity index (χ1) is 6.92. The molecule has 14 heavy (non-hydrogen) atoms. The molecular weight excluding hydrogens is 176 g/mol. The molecule has 0 atom stereocenters.